The third-order valence-corrected chi connectivity index (χ3v) is 4.77. The predicted octanol–water partition coefficient (Wildman–Crippen LogP) is 6.11. The zero-order valence-corrected chi connectivity index (χ0v) is 17.1. The molecule has 3 rings (SSSR count). The first-order chi connectivity index (χ1) is 12.4. The quantitative estimate of drug-likeness (QED) is 0.472. The molecule has 0 aliphatic rings. The second-order valence-electron chi connectivity index (χ2n) is 6.75. The Morgan fingerprint density at radius 3 is 2.58 bits per heavy atom. The normalized spacial score (nSPS) is 11.1. The molecule has 0 N–H and O–H groups in total. The molecule has 3 nitrogen and oxygen atoms in total. The fraction of sp³-hybridized carbons (Fsp3) is 0.238. The van der Waals surface area contributed by atoms with Crippen molar-refractivity contribution in [3.63, 3.8) is 0 Å². The minimum Gasteiger partial charge on any atom is -0.299 e. The molecule has 5 heteroatoms. The SMILES string of the molecule is CC(C)CC(=O)Cc1cn(-c2ccc(Br)cc2)nc1-c1cccc(Cl)c1. The second kappa shape index (κ2) is 8.19. The average molecular weight is 432 g/mol. The molecule has 26 heavy (non-hydrogen) atoms. The van der Waals surface area contributed by atoms with E-state index in [2.05, 4.69) is 29.8 Å². The van der Waals surface area contributed by atoms with Crippen molar-refractivity contribution in [1.29, 1.82) is 0 Å². The predicted molar refractivity (Wildman–Crippen MR) is 110 cm³/mol. The molecule has 0 radical (unpaired) electrons. The van der Waals surface area contributed by atoms with Gasteiger partial charge in [-0.2, -0.15) is 5.10 Å². The molecule has 0 bridgehead atoms. The third kappa shape index (κ3) is 4.63. The van der Waals surface area contributed by atoms with Crippen LogP contribution in [0.2, 0.25) is 5.02 Å². The number of rotatable bonds is 6. The lowest BCUT2D eigenvalue weighted by molar-refractivity contribution is -0.119. The van der Waals surface area contributed by atoms with E-state index in [1.165, 1.54) is 0 Å². The molecule has 0 saturated heterocycles. The molecule has 0 atom stereocenters. The number of ketones is 1. The third-order valence-electron chi connectivity index (χ3n) is 4.00. The largest absolute Gasteiger partial charge is 0.299 e. The molecule has 3 aromatic rings. The van der Waals surface area contributed by atoms with E-state index in [0.29, 0.717) is 23.8 Å². The Balaban J connectivity index is 2.02. The minimum atomic E-state index is 0.221. The zero-order valence-electron chi connectivity index (χ0n) is 14.7. The van der Waals surface area contributed by atoms with E-state index in [9.17, 15) is 4.79 Å². The lowest BCUT2D eigenvalue weighted by Gasteiger charge is -2.05. The Morgan fingerprint density at radius 1 is 1.19 bits per heavy atom. The number of hydrogen-bond donors (Lipinski definition) is 0. The van der Waals surface area contributed by atoms with Crippen LogP contribution in [0.25, 0.3) is 16.9 Å². The summed E-state index contributed by atoms with van der Waals surface area (Å²) >= 11 is 9.61. The molecular weight excluding hydrogens is 412 g/mol. The lowest BCUT2D eigenvalue weighted by atomic mass is 9.99. The Hall–Kier alpha value is -1.91. The van der Waals surface area contributed by atoms with Gasteiger partial charge in [0, 0.05) is 39.7 Å². The summed E-state index contributed by atoms with van der Waals surface area (Å²) in [5, 5.41) is 5.40. The fourth-order valence-electron chi connectivity index (χ4n) is 2.88. The van der Waals surface area contributed by atoms with Crippen molar-refractivity contribution >= 4 is 33.3 Å². The number of nitrogens with zero attached hydrogens (tertiary/aromatic N) is 2. The van der Waals surface area contributed by atoms with Gasteiger partial charge in [-0.25, -0.2) is 4.68 Å². The van der Waals surface area contributed by atoms with Crippen molar-refractivity contribution in [3.8, 4) is 16.9 Å². The van der Waals surface area contributed by atoms with Crippen LogP contribution in [-0.4, -0.2) is 15.6 Å². The highest BCUT2D eigenvalue weighted by Gasteiger charge is 2.16. The van der Waals surface area contributed by atoms with E-state index in [1.807, 2.05) is 59.4 Å². The van der Waals surface area contributed by atoms with Gasteiger partial charge in [0.15, 0.2) is 0 Å². The van der Waals surface area contributed by atoms with Gasteiger partial charge >= 0.3 is 0 Å². The van der Waals surface area contributed by atoms with Gasteiger partial charge in [0.1, 0.15) is 5.78 Å². The van der Waals surface area contributed by atoms with Gasteiger partial charge in [0.2, 0.25) is 0 Å². The van der Waals surface area contributed by atoms with E-state index in [4.69, 9.17) is 16.7 Å². The topological polar surface area (TPSA) is 34.9 Å². The molecular formula is C21H20BrClN2O. The summed E-state index contributed by atoms with van der Waals surface area (Å²) in [6, 6.07) is 15.5. The number of aromatic nitrogens is 2. The number of halogens is 2. The molecule has 0 unspecified atom stereocenters. The molecule has 1 heterocycles. The van der Waals surface area contributed by atoms with Crippen LogP contribution < -0.4 is 0 Å². The molecule has 1 aromatic heterocycles. The standard InChI is InChI=1S/C21H20BrClN2O/c1-14(2)10-20(26)12-16-13-25(19-8-6-17(22)7-9-19)24-21(16)15-4-3-5-18(23)11-15/h3-9,11,13-14H,10,12H2,1-2H3. The van der Waals surface area contributed by atoms with Crippen LogP contribution in [0.1, 0.15) is 25.8 Å². The first-order valence-corrected chi connectivity index (χ1v) is 9.71. The van der Waals surface area contributed by atoms with Crippen molar-refractivity contribution in [2.45, 2.75) is 26.7 Å². The fourth-order valence-corrected chi connectivity index (χ4v) is 3.34. The van der Waals surface area contributed by atoms with Gasteiger partial charge in [-0.15, -0.1) is 0 Å². The van der Waals surface area contributed by atoms with Crippen LogP contribution in [0.4, 0.5) is 0 Å². The van der Waals surface area contributed by atoms with Crippen molar-refractivity contribution in [2.24, 2.45) is 5.92 Å². The van der Waals surface area contributed by atoms with E-state index < -0.39 is 0 Å². The maximum Gasteiger partial charge on any atom is 0.137 e. The monoisotopic (exact) mass is 430 g/mol. The number of hydrogen-bond acceptors (Lipinski definition) is 2. The van der Waals surface area contributed by atoms with Gasteiger partial charge in [-0.1, -0.05) is 53.5 Å². The molecule has 0 spiro atoms. The highest BCUT2D eigenvalue weighted by molar-refractivity contribution is 9.10. The lowest BCUT2D eigenvalue weighted by Crippen LogP contribution is -2.06. The van der Waals surface area contributed by atoms with Crippen molar-refractivity contribution in [2.75, 3.05) is 0 Å². The van der Waals surface area contributed by atoms with Crippen molar-refractivity contribution in [1.82, 2.24) is 9.78 Å². The van der Waals surface area contributed by atoms with Gasteiger partial charge in [-0.3, -0.25) is 4.79 Å². The van der Waals surface area contributed by atoms with Gasteiger partial charge < -0.3 is 0 Å². The van der Waals surface area contributed by atoms with E-state index in [0.717, 1.165) is 27.0 Å². The first-order valence-electron chi connectivity index (χ1n) is 8.54. The summed E-state index contributed by atoms with van der Waals surface area (Å²) in [7, 11) is 0. The van der Waals surface area contributed by atoms with Crippen molar-refractivity contribution < 1.29 is 4.79 Å². The van der Waals surface area contributed by atoms with Crippen LogP contribution in [0.3, 0.4) is 0 Å². The number of Topliss-reactive ketones (excluding diaryl/α,β-unsaturated/α-hetero) is 1. The summed E-state index contributed by atoms with van der Waals surface area (Å²) in [5.41, 5.74) is 3.58. The first kappa shape index (κ1) is 18.9. The molecule has 0 saturated carbocycles. The smallest absolute Gasteiger partial charge is 0.137 e. The van der Waals surface area contributed by atoms with E-state index >= 15 is 0 Å². The minimum absolute atomic E-state index is 0.221. The molecule has 0 fully saturated rings. The maximum atomic E-state index is 12.4. The Labute approximate surface area is 167 Å². The van der Waals surface area contributed by atoms with Gasteiger partial charge in [0.05, 0.1) is 11.4 Å². The Morgan fingerprint density at radius 2 is 1.92 bits per heavy atom. The number of benzene rings is 2. The Bertz CT molecular complexity index is 916. The molecule has 0 aliphatic carbocycles. The van der Waals surface area contributed by atoms with E-state index in [-0.39, 0.29) is 5.78 Å². The average Bonchev–Trinajstić information content (AvgIpc) is 2.98. The van der Waals surface area contributed by atoms with Crippen LogP contribution in [-0.2, 0) is 11.2 Å². The summed E-state index contributed by atoms with van der Waals surface area (Å²) in [6.07, 6.45) is 2.88. The second-order valence-corrected chi connectivity index (χ2v) is 8.10. The highest BCUT2D eigenvalue weighted by Crippen LogP contribution is 2.27. The number of carbonyl (C=O) groups excluding carboxylic acids is 1. The summed E-state index contributed by atoms with van der Waals surface area (Å²) in [4.78, 5) is 12.4. The zero-order chi connectivity index (χ0) is 18.7. The van der Waals surface area contributed by atoms with E-state index in [1.54, 1.807) is 0 Å². The molecule has 0 amide bonds. The summed E-state index contributed by atoms with van der Waals surface area (Å²) in [5.74, 6) is 0.567. The molecule has 134 valence electrons. The van der Waals surface area contributed by atoms with Crippen LogP contribution in [0.5, 0.6) is 0 Å². The van der Waals surface area contributed by atoms with Crippen LogP contribution in [0, 0.1) is 5.92 Å². The molecule has 0 aliphatic heterocycles. The Kier molecular flexibility index (Phi) is 5.94. The van der Waals surface area contributed by atoms with Gasteiger partial charge in [0.25, 0.3) is 0 Å². The van der Waals surface area contributed by atoms with Crippen LogP contribution in [0.15, 0.2) is 59.2 Å². The van der Waals surface area contributed by atoms with Crippen LogP contribution >= 0.6 is 27.5 Å². The van der Waals surface area contributed by atoms with Crippen molar-refractivity contribution in [3.05, 3.63) is 69.8 Å². The summed E-state index contributed by atoms with van der Waals surface area (Å²) < 4.78 is 2.83. The van der Waals surface area contributed by atoms with Gasteiger partial charge in [-0.05, 0) is 42.3 Å². The highest BCUT2D eigenvalue weighted by atomic mass is 79.9. The summed E-state index contributed by atoms with van der Waals surface area (Å²) in [6.45, 7) is 4.11. The maximum absolute atomic E-state index is 12.4. The molecule has 2 aromatic carbocycles. The number of carbonyl (C=O) groups is 1.